The third kappa shape index (κ3) is 4.66. The van der Waals surface area contributed by atoms with Crippen molar-refractivity contribution in [2.75, 3.05) is 7.05 Å². The summed E-state index contributed by atoms with van der Waals surface area (Å²) in [4.78, 5) is 13.7. The van der Waals surface area contributed by atoms with E-state index in [9.17, 15) is 18.7 Å². The summed E-state index contributed by atoms with van der Waals surface area (Å²) in [6.45, 7) is -2.48. The molecule has 2 rings (SSSR count). The van der Waals surface area contributed by atoms with Gasteiger partial charge in [0, 0.05) is 13.6 Å². The van der Waals surface area contributed by atoms with Crippen LogP contribution in [-0.2, 0) is 11.3 Å². The van der Waals surface area contributed by atoms with Gasteiger partial charge in [-0.25, -0.2) is 0 Å². The number of benzene rings is 1. The van der Waals surface area contributed by atoms with E-state index in [0.29, 0.717) is 19.4 Å². The number of carbonyl (C=O) groups excluding carboxylic acids is 1. The van der Waals surface area contributed by atoms with E-state index in [2.05, 4.69) is 4.74 Å². The molecule has 1 N–H and O–H groups in total. The third-order valence-corrected chi connectivity index (χ3v) is 4.01. The van der Waals surface area contributed by atoms with Gasteiger partial charge in [-0.3, -0.25) is 4.79 Å². The van der Waals surface area contributed by atoms with Crippen LogP contribution in [0.5, 0.6) is 5.75 Å². The van der Waals surface area contributed by atoms with Gasteiger partial charge in [0.05, 0.1) is 12.0 Å². The van der Waals surface area contributed by atoms with Crippen LogP contribution in [0, 0.1) is 0 Å². The van der Waals surface area contributed by atoms with Crippen molar-refractivity contribution in [3.8, 4) is 5.75 Å². The van der Waals surface area contributed by atoms with Crippen LogP contribution in [-0.4, -0.2) is 35.2 Å². The highest BCUT2D eigenvalue weighted by atomic mass is 19.3. The Balaban J connectivity index is 1.88. The molecule has 0 spiro atoms. The quantitative estimate of drug-likeness (QED) is 0.878. The lowest BCUT2D eigenvalue weighted by atomic mass is 9.97. The molecule has 1 aliphatic rings. The SMILES string of the molecule is CN(Cc1ccc(OC(F)F)cc1)C(=O)CC1(O)CCCC1. The highest BCUT2D eigenvalue weighted by molar-refractivity contribution is 5.77. The molecule has 0 aliphatic heterocycles. The van der Waals surface area contributed by atoms with Crippen LogP contribution in [0.2, 0.25) is 0 Å². The van der Waals surface area contributed by atoms with Crippen molar-refractivity contribution in [2.24, 2.45) is 0 Å². The second-order valence-electron chi connectivity index (χ2n) is 5.88. The van der Waals surface area contributed by atoms with Crippen LogP contribution in [0.15, 0.2) is 24.3 Å². The van der Waals surface area contributed by atoms with Crippen molar-refractivity contribution >= 4 is 5.91 Å². The number of ether oxygens (including phenoxy) is 1. The molecule has 6 heteroatoms. The Labute approximate surface area is 128 Å². The van der Waals surface area contributed by atoms with E-state index in [4.69, 9.17) is 0 Å². The Bertz CT molecular complexity index is 499. The number of amides is 1. The van der Waals surface area contributed by atoms with Gasteiger partial charge >= 0.3 is 6.61 Å². The number of carbonyl (C=O) groups is 1. The zero-order chi connectivity index (χ0) is 16.2. The van der Waals surface area contributed by atoms with Gasteiger partial charge in [0.2, 0.25) is 5.91 Å². The Hall–Kier alpha value is -1.69. The number of hydrogen-bond donors (Lipinski definition) is 1. The van der Waals surface area contributed by atoms with Crippen LogP contribution >= 0.6 is 0 Å². The lowest BCUT2D eigenvalue weighted by Gasteiger charge is -2.25. The molecule has 1 amide bonds. The molecule has 0 saturated heterocycles. The Morgan fingerprint density at radius 1 is 1.32 bits per heavy atom. The lowest BCUT2D eigenvalue weighted by Crippen LogP contribution is -2.35. The van der Waals surface area contributed by atoms with Crippen molar-refractivity contribution in [3.63, 3.8) is 0 Å². The molecule has 1 saturated carbocycles. The van der Waals surface area contributed by atoms with Gasteiger partial charge in [0.15, 0.2) is 0 Å². The van der Waals surface area contributed by atoms with E-state index in [1.54, 1.807) is 24.1 Å². The summed E-state index contributed by atoms with van der Waals surface area (Å²) in [7, 11) is 1.67. The van der Waals surface area contributed by atoms with Gasteiger partial charge in [-0.1, -0.05) is 25.0 Å². The molecule has 4 nitrogen and oxygen atoms in total. The molecule has 122 valence electrons. The largest absolute Gasteiger partial charge is 0.435 e. The van der Waals surface area contributed by atoms with Gasteiger partial charge in [-0.05, 0) is 30.5 Å². The molecule has 22 heavy (non-hydrogen) atoms. The summed E-state index contributed by atoms with van der Waals surface area (Å²) in [6.07, 6.45) is 3.40. The van der Waals surface area contributed by atoms with Crippen LogP contribution in [0.25, 0.3) is 0 Å². The number of aliphatic hydroxyl groups is 1. The van der Waals surface area contributed by atoms with Gasteiger partial charge < -0.3 is 14.7 Å². The van der Waals surface area contributed by atoms with E-state index < -0.39 is 12.2 Å². The average molecular weight is 313 g/mol. The topological polar surface area (TPSA) is 49.8 Å². The summed E-state index contributed by atoms with van der Waals surface area (Å²) < 4.78 is 28.4. The summed E-state index contributed by atoms with van der Waals surface area (Å²) in [5, 5.41) is 10.3. The van der Waals surface area contributed by atoms with Crippen molar-refractivity contribution < 1.29 is 23.4 Å². The number of hydrogen-bond acceptors (Lipinski definition) is 3. The summed E-state index contributed by atoms with van der Waals surface area (Å²) in [5.41, 5.74) is -0.0452. The zero-order valence-corrected chi connectivity index (χ0v) is 12.6. The van der Waals surface area contributed by atoms with Crippen molar-refractivity contribution in [1.29, 1.82) is 0 Å². The fourth-order valence-electron chi connectivity index (χ4n) is 2.76. The van der Waals surface area contributed by atoms with Crippen LogP contribution in [0.1, 0.15) is 37.7 Å². The fraction of sp³-hybridized carbons (Fsp3) is 0.562. The minimum atomic E-state index is -2.85. The number of alkyl halides is 2. The second-order valence-corrected chi connectivity index (χ2v) is 5.88. The number of nitrogens with zero attached hydrogens (tertiary/aromatic N) is 1. The van der Waals surface area contributed by atoms with E-state index in [0.717, 1.165) is 18.4 Å². The molecule has 1 fully saturated rings. The maximum absolute atomic E-state index is 12.2. The minimum absolute atomic E-state index is 0.0907. The van der Waals surface area contributed by atoms with E-state index >= 15 is 0 Å². The predicted molar refractivity (Wildman–Crippen MR) is 77.6 cm³/mol. The molecule has 0 bridgehead atoms. The van der Waals surface area contributed by atoms with Gasteiger partial charge in [-0.15, -0.1) is 0 Å². The van der Waals surface area contributed by atoms with Gasteiger partial charge in [-0.2, -0.15) is 8.78 Å². The molecule has 0 aromatic heterocycles. The second kappa shape index (κ2) is 7.05. The maximum atomic E-state index is 12.2. The zero-order valence-electron chi connectivity index (χ0n) is 12.6. The maximum Gasteiger partial charge on any atom is 0.387 e. The molecule has 0 atom stereocenters. The normalized spacial score (nSPS) is 16.8. The predicted octanol–water partition coefficient (Wildman–Crippen LogP) is 2.94. The average Bonchev–Trinajstić information content (AvgIpc) is 2.86. The molecule has 1 aromatic carbocycles. The van der Waals surface area contributed by atoms with E-state index in [-0.39, 0.29) is 18.1 Å². The molecule has 0 unspecified atom stereocenters. The van der Waals surface area contributed by atoms with Gasteiger partial charge in [0.25, 0.3) is 0 Å². The Morgan fingerprint density at radius 3 is 2.45 bits per heavy atom. The summed E-state index contributed by atoms with van der Waals surface area (Å²) in [6, 6.07) is 6.19. The van der Waals surface area contributed by atoms with Crippen LogP contribution in [0.4, 0.5) is 8.78 Å². The Kier molecular flexibility index (Phi) is 5.34. The first-order valence-corrected chi connectivity index (χ1v) is 7.38. The molecule has 0 heterocycles. The molecule has 1 aliphatic carbocycles. The molecular formula is C16H21F2NO3. The lowest BCUT2D eigenvalue weighted by molar-refractivity contribution is -0.135. The van der Waals surface area contributed by atoms with Crippen LogP contribution in [0.3, 0.4) is 0 Å². The molecular weight excluding hydrogens is 292 g/mol. The fourth-order valence-corrected chi connectivity index (χ4v) is 2.76. The van der Waals surface area contributed by atoms with Crippen molar-refractivity contribution in [1.82, 2.24) is 4.90 Å². The smallest absolute Gasteiger partial charge is 0.387 e. The molecule has 1 aromatic rings. The van der Waals surface area contributed by atoms with E-state index in [1.165, 1.54) is 12.1 Å². The minimum Gasteiger partial charge on any atom is -0.435 e. The highest BCUT2D eigenvalue weighted by Gasteiger charge is 2.34. The van der Waals surface area contributed by atoms with Crippen LogP contribution < -0.4 is 4.74 Å². The standard InChI is InChI=1S/C16H21F2NO3/c1-19(14(20)10-16(21)8-2-3-9-16)11-12-4-6-13(7-5-12)22-15(17)18/h4-7,15,21H,2-3,8-11H2,1H3. The van der Waals surface area contributed by atoms with Gasteiger partial charge in [0.1, 0.15) is 5.75 Å². The third-order valence-electron chi connectivity index (χ3n) is 4.01. The number of rotatable bonds is 6. The first-order chi connectivity index (χ1) is 10.4. The monoisotopic (exact) mass is 313 g/mol. The summed E-state index contributed by atoms with van der Waals surface area (Å²) in [5.74, 6) is -0.0229. The first kappa shape index (κ1) is 16.7. The first-order valence-electron chi connectivity index (χ1n) is 7.38. The Morgan fingerprint density at radius 2 is 1.91 bits per heavy atom. The number of halogens is 2. The summed E-state index contributed by atoms with van der Waals surface area (Å²) >= 11 is 0. The highest BCUT2D eigenvalue weighted by Crippen LogP contribution is 2.32. The van der Waals surface area contributed by atoms with Crippen molar-refractivity contribution in [2.45, 2.75) is 50.9 Å². The van der Waals surface area contributed by atoms with E-state index in [1.807, 2.05) is 0 Å². The van der Waals surface area contributed by atoms with Crippen molar-refractivity contribution in [3.05, 3.63) is 29.8 Å². The molecule has 0 radical (unpaired) electrons.